The van der Waals surface area contributed by atoms with Crippen LogP contribution in [0.2, 0.25) is 5.02 Å². The number of nitrogens with one attached hydrogen (secondary N) is 1. The van der Waals surface area contributed by atoms with Gasteiger partial charge in [-0.1, -0.05) is 37.6 Å². The Kier molecular flexibility index (Phi) is 6.44. The summed E-state index contributed by atoms with van der Waals surface area (Å²) < 4.78 is 25.6. The number of halogens is 1. The van der Waals surface area contributed by atoms with E-state index in [1.807, 2.05) is 13.8 Å². The molecule has 1 N–H and O–H groups in total. The van der Waals surface area contributed by atoms with Crippen molar-refractivity contribution in [1.29, 1.82) is 0 Å². The molecule has 0 unspecified atom stereocenters. The maximum atomic E-state index is 11.9. The predicted octanol–water partition coefficient (Wildman–Crippen LogP) is 2.97. The van der Waals surface area contributed by atoms with Gasteiger partial charge in [-0.25, -0.2) is 8.42 Å². The maximum Gasteiger partial charge on any atom is 0.177 e. The van der Waals surface area contributed by atoms with Crippen LogP contribution >= 0.6 is 11.6 Å². The molecule has 0 saturated carbocycles. The predicted molar refractivity (Wildman–Crippen MR) is 93.8 cm³/mol. The highest BCUT2D eigenvalue weighted by molar-refractivity contribution is 7.91. The molecule has 7 heteroatoms. The van der Waals surface area contributed by atoms with E-state index in [1.54, 1.807) is 43.1 Å². The van der Waals surface area contributed by atoms with Gasteiger partial charge in [-0.05, 0) is 6.07 Å². The smallest absolute Gasteiger partial charge is 0.177 e. The van der Waals surface area contributed by atoms with Gasteiger partial charge in [-0.3, -0.25) is 4.99 Å². The fourth-order valence-corrected chi connectivity index (χ4v) is 3.29. The third-order valence-electron chi connectivity index (χ3n) is 3.09. The third-order valence-corrected chi connectivity index (χ3v) is 4.52. The molecule has 0 aliphatic rings. The van der Waals surface area contributed by atoms with Crippen LogP contribution in [0.1, 0.15) is 13.8 Å². The maximum absolute atomic E-state index is 11.9. The molecule has 22 heavy (non-hydrogen) atoms. The van der Waals surface area contributed by atoms with Crippen LogP contribution in [0.15, 0.2) is 34.3 Å². The van der Waals surface area contributed by atoms with Crippen molar-refractivity contribution in [3.05, 3.63) is 29.4 Å². The Bertz CT molecular complexity index is 779. The lowest BCUT2D eigenvalue weighted by atomic mass is 10.2. The monoisotopic (exact) mass is 343 g/mol. The Morgan fingerprint density at radius 2 is 2.00 bits per heavy atom. The molecule has 2 aromatic rings. The highest BCUT2D eigenvalue weighted by Gasteiger charge is 2.18. The molecule has 1 aromatic heterocycles. The average molecular weight is 344 g/mol. The van der Waals surface area contributed by atoms with Crippen LogP contribution in [0.25, 0.3) is 10.9 Å². The lowest BCUT2D eigenvalue weighted by Gasteiger charge is -2.08. The van der Waals surface area contributed by atoms with Crippen molar-refractivity contribution in [2.24, 2.45) is 4.99 Å². The van der Waals surface area contributed by atoms with E-state index in [0.29, 0.717) is 22.5 Å². The summed E-state index contributed by atoms with van der Waals surface area (Å²) in [6.07, 6.45) is 2.80. The van der Waals surface area contributed by atoms with E-state index in [9.17, 15) is 8.42 Å². The molecule has 1 aromatic carbocycles. The van der Waals surface area contributed by atoms with E-state index in [1.165, 1.54) is 6.26 Å². The number of nitrogens with zero attached hydrogens (tertiary/aromatic N) is 2. The molecule has 0 bridgehead atoms. The van der Waals surface area contributed by atoms with Gasteiger partial charge in [-0.15, -0.1) is 0 Å². The molecule has 0 aliphatic carbocycles. The molecule has 0 spiro atoms. The molecular formula is C15H22ClN3O2S. The first-order valence-electron chi connectivity index (χ1n) is 6.99. The number of amidine groups is 1. The topological polar surface area (TPSA) is 63.5 Å². The van der Waals surface area contributed by atoms with Gasteiger partial charge < -0.3 is 9.88 Å². The van der Waals surface area contributed by atoms with E-state index < -0.39 is 9.84 Å². The molecule has 0 fully saturated rings. The summed E-state index contributed by atoms with van der Waals surface area (Å²) in [7, 11) is 0.134. The van der Waals surface area contributed by atoms with Gasteiger partial charge in [-0.2, -0.15) is 0 Å². The zero-order valence-electron chi connectivity index (χ0n) is 13.5. The van der Waals surface area contributed by atoms with Gasteiger partial charge in [0.05, 0.1) is 22.0 Å². The molecule has 0 atom stereocenters. The Morgan fingerprint density at radius 3 is 2.50 bits per heavy atom. The Hall–Kier alpha value is -1.53. The SMILES string of the molecule is CC.CN=C(Cn1cc(S(C)(=O)=O)c2cccc(Cl)c21)NC. The number of hydrogen-bond acceptors (Lipinski definition) is 3. The fraction of sp³-hybridized carbons (Fsp3) is 0.400. The second kappa shape index (κ2) is 7.65. The summed E-state index contributed by atoms with van der Waals surface area (Å²) in [5.41, 5.74) is 0.700. The molecule has 0 aliphatic heterocycles. The van der Waals surface area contributed by atoms with Gasteiger partial charge >= 0.3 is 0 Å². The van der Waals surface area contributed by atoms with E-state index in [-0.39, 0.29) is 4.90 Å². The average Bonchev–Trinajstić information content (AvgIpc) is 2.87. The van der Waals surface area contributed by atoms with E-state index in [2.05, 4.69) is 10.3 Å². The number of fused-ring (bicyclic) bond motifs is 1. The van der Waals surface area contributed by atoms with Crippen LogP contribution in [0.5, 0.6) is 0 Å². The molecule has 2 rings (SSSR count). The van der Waals surface area contributed by atoms with Crippen molar-refractivity contribution in [3.63, 3.8) is 0 Å². The van der Waals surface area contributed by atoms with Crippen LogP contribution in [-0.4, -0.2) is 39.2 Å². The van der Waals surface area contributed by atoms with Crippen LogP contribution in [0, 0.1) is 0 Å². The van der Waals surface area contributed by atoms with Crippen molar-refractivity contribution in [2.45, 2.75) is 25.3 Å². The standard InChI is InChI=1S/C13H16ClN3O2S.C2H6/c1-15-12(16-2)8-17-7-11(20(3,18)19)9-5-4-6-10(14)13(9)17;1-2/h4-7H,8H2,1-3H3,(H,15,16);1-2H3. The number of sulfone groups is 1. The van der Waals surface area contributed by atoms with Gasteiger partial charge in [0.1, 0.15) is 5.84 Å². The minimum Gasteiger partial charge on any atom is -0.375 e. The second-order valence-corrected chi connectivity index (χ2v) is 6.84. The molecule has 5 nitrogen and oxygen atoms in total. The minimum atomic E-state index is -3.31. The molecule has 0 radical (unpaired) electrons. The van der Waals surface area contributed by atoms with Gasteiger partial charge in [0.25, 0.3) is 0 Å². The van der Waals surface area contributed by atoms with Crippen molar-refractivity contribution < 1.29 is 8.42 Å². The summed E-state index contributed by atoms with van der Waals surface area (Å²) >= 11 is 6.22. The molecule has 0 saturated heterocycles. The fourth-order valence-electron chi connectivity index (χ4n) is 2.12. The number of likely N-dealkylation sites (N-methyl/N-ethyl adjacent to an activating group) is 1. The van der Waals surface area contributed by atoms with Crippen molar-refractivity contribution >= 4 is 38.2 Å². The Morgan fingerprint density at radius 1 is 1.36 bits per heavy atom. The second-order valence-electron chi connectivity index (χ2n) is 4.45. The Balaban J connectivity index is 0.00000116. The van der Waals surface area contributed by atoms with Crippen LogP contribution in [0.3, 0.4) is 0 Å². The number of aliphatic imine (C=N–C) groups is 1. The first-order chi connectivity index (χ1) is 10.4. The number of para-hydroxylation sites is 1. The zero-order chi connectivity index (χ0) is 16.9. The zero-order valence-corrected chi connectivity index (χ0v) is 15.1. The quantitative estimate of drug-likeness (QED) is 0.688. The van der Waals surface area contributed by atoms with Crippen LogP contribution in [-0.2, 0) is 16.4 Å². The van der Waals surface area contributed by atoms with Crippen LogP contribution in [0.4, 0.5) is 0 Å². The summed E-state index contributed by atoms with van der Waals surface area (Å²) in [4.78, 5) is 4.38. The van der Waals surface area contributed by atoms with E-state index in [0.717, 1.165) is 5.84 Å². The van der Waals surface area contributed by atoms with E-state index in [4.69, 9.17) is 11.6 Å². The number of rotatable bonds is 3. The van der Waals surface area contributed by atoms with E-state index >= 15 is 0 Å². The molecule has 122 valence electrons. The lowest BCUT2D eigenvalue weighted by molar-refractivity contribution is 0.602. The highest BCUT2D eigenvalue weighted by atomic mass is 35.5. The minimum absolute atomic E-state index is 0.279. The summed E-state index contributed by atoms with van der Waals surface area (Å²) in [6, 6.07) is 5.25. The van der Waals surface area contributed by atoms with Crippen LogP contribution < -0.4 is 5.32 Å². The summed E-state index contributed by atoms with van der Waals surface area (Å²) in [5.74, 6) is 0.738. The summed E-state index contributed by atoms with van der Waals surface area (Å²) in [5, 5.41) is 4.12. The molecule has 1 heterocycles. The molecular weight excluding hydrogens is 322 g/mol. The number of hydrogen-bond donors (Lipinski definition) is 1. The van der Waals surface area contributed by atoms with Gasteiger partial charge in [0.15, 0.2) is 9.84 Å². The van der Waals surface area contributed by atoms with Gasteiger partial charge in [0.2, 0.25) is 0 Å². The Labute approximate surface area is 136 Å². The summed E-state index contributed by atoms with van der Waals surface area (Å²) in [6.45, 7) is 4.43. The first-order valence-corrected chi connectivity index (χ1v) is 9.26. The lowest BCUT2D eigenvalue weighted by Crippen LogP contribution is -2.23. The van der Waals surface area contributed by atoms with Crippen molar-refractivity contribution in [2.75, 3.05) is 20.4 Å². The van der Waals surface area contributed by atoms with Gasteiger partial charge in [0, 0.05) is 31.9 Å². The van der Waals surface area contributed by atoms with Crippen molar-refractivity contribution in [1.82, 2.24) is 9.88 Å². The largest absolute Gasteiger partial charge is 0.375 e. The number of aromatic nitrogens is 1. The third kappa shape index (κ3) is 3.81. The molecule has 0 amide bonds. The first kappa shape index (κ1) is 18.5. The highest BCUT2D eigenvalue weighted by Crippen LogP contribution is 2.30. The van der Waals surface area contributed by atoms with Crippen molar-refractivity contribution in [3.8, 4) is 0 Å². The number of benzene rings is 1. The normalized spacial score (nSPS) is 12.0.